The number of rotatable bonds is 5. The molecule has 0 bridgehead atoms. The summed E-state index contributed by atoms with van der Waals surface area (Å²) in [6.07, 6.45) is 0. The van der Waals surface area contributed by atoms with E-state index in [0.717, 1.165) is 5.56 Å². The van der Waals surface area contributed by atoms with Crippen LogP contribution in [0.5, 0.6) is 11.5 Å². The van der Waals surface area contributed by atoms with Gasteiger partial charge in [0.15, 0.2) is 11.5 Å². The van der Waals surface area contributed by atoms with Gasteiger partial charge in [-0.3, -0.25) is 0 Å². The molecule has 4 heteroatoms. The lowest BCUT2D eigenvalue weighted by Crippen LogP contribution is -1.97. The van der Waals surface area contributed by atoms with E-state index in [2.05, 4.69) is 0 Å². The summed E-state index contributed by atoms with van der Waals surface area (Å²) in [6, 6.07) is 9.45. The first-order valence-corrected chi connectivity index (χ1v) is 6.14. The third-order valence-electron chi connectivity index (χ3n) is 2.36. The SMILES string of the molecule is COc1cc(CO)ccc1OCc1cccs1. The predicted octanol–water partition coefficient (Wildman–Crippen LogP) is 2.83. The molecule has 1 N–H and O–H groups in total. The largest absolute Gasteiger partial charge is 0.493 e. The van der Waals surface area contributed by atoms with Crippen LogP contribution in [0.1, 0.15) is 10.4 Å². The number of hydrogen-bond acceptors (Lipinski definition) is 4. The van der Waals surface area contributed by atoms with Gasteiger partial charge in [-0.1, -0.05) is 12.1 Å². The number of hydrogen-bond donors (Lipinski definition) is 1. The molecule has 1 aromatic heterocycles. The molecule has 3 nitrogen and oxygen atoms in total. The maximum atomic E-state index is 9.03. The van der Waals surface area contributed by atoms with Gasteiger partial charge < -0.3 is 14.6 Å². The number of methoxy groups -OCH3 is 1. The smallest absolute Gasteiger partial charge is 0.161 e. The average Bonchev–Trinajstić information content (AvgIpc) is 2.89. The molecule has 0 aliphatic rings. The Labute approximate surface area is 104 Å². The van der Waals surface area contributed by atoms with Gasteiger partial charge >= 0.3 is 0 Å². The topological polar surface area (TPSA) is 38.7 Å². The van der Waals surface area contributed by atoms with Crippen molar-refractivity contribution in [2.45, 2.75) is 13.2 Å². The molecule has 0 radical (unpaired) electrons. The van der Waals surface area contributed by atoms with Crippen molar-refractivity contribution in [3.8, 4) is 11.5 Å². The zero-order valence-electron chi connectivity index (χ0n) is 9.55. The van der Waals surface area contributed by atoms with Gasteiger partial charge in [0.2, 0.25) is 0 Å². The highest BCUT2D eigenvalue weighted by Gasteiger charge is 2.06. The molecular weight excluding hydrogens is 236 g/mol. The van der Waals surface area contributed by atoms with Crippen molar-refractivity contribution in [3.05, 3.63) is 46.2 Å². The van der Waals surface area contributed by atoms with E-state index in [0.29, 0.717) is 18.1 Å². The fraction of sp³-hybridized carbons (Fsp3) is 0.231. The fourth-order valence-corrected chi connectivity index (χ4v) is 2.09. The minimum absolute atomic E-state index is 0.00155. The van der Waals surface area contributed by atoms with Crippen LogP contribution in [0.25, 0.3) is 0 Å². The quantitative estimate of drug-likeness (QED) is 0.886. The molecule has 90 valence electrons. The van der Waals surface area contributed by atoms with E-state index in [1.54, 1.807) is 24.5 Å². The van der Waals surface area contributed by atoms with Gasteiger partial charge in [0, 0.05) is 4.88 Å². The summed E-state index contributed by atoms with van der Waals surface area (Å²) in [7, 11) is 1.59. The molecule has 2 rings (SSSR count). The van der Waals surface area contributed by atoms with E-state index in [1.165, 1.54) is 4.88 Å². The van der Waals surface area contributed by atoms with Gasteiger partial charge in [-0.05, 0) is 29.1 Å². The Morgan fingerprint density at radius 3 is 2.76 bits per heavy atom. The molecule has 0 fully saturated rings. The first kappa shape index (κ1) is 12.0. The minimum atomic E-state index is 0.00155. The summed E-state index contributed by atoms with van der Waals surface area (Å²) in [5, 5.41) is 11.1. The summed E-state index contributed by atoms with van der Waals surface area (Å²) in [4.78, 5) is 1.17. The molecule has 0 aliphatic carbocycles. The second-order valence-corrected chi connectivity index (χ2v) is 4.54. The van der Waals surface area contributed by atoms with Crippen molar-refractivity contribution < 1.29 is 14.6 Å². The second-order valence-electron chi connectivity index (χ2n) is 3.51. The third kappa shape index (κ3) is 2.99. The standard InChI is InChI=1S/C13H14O3S/c1-15-13-7-10(8-14)4-5-12(13)16-9-11-3-2-6-17-11/h2-7,14H,8-9H2,1H3. The summed E-state index contributed by atoms with van der Waals surface area (Å²) in [5.74, 6) is 1.34. The van der Waals surface area contributed by atoms with Crippen molar-refractivity contribution >= 4 is 11.3 Å². The van der Waals surface area contributed by atoms with E-state index < -0.39 is 0 Å². The third-order valence-corrected chi connectivity index (χ3v) is 3.21. The van der Waals surface area contributed by atoms with Crippen LogP contribution in [0, 0.1) is 0 Å². The molecule has 17 heavy (non-hydrogen) atoms. The van der Waals surface area contributed by atoms with E-state index in [4.69, 9.17) is 14.6 Å². The van der Waals surface area contributed by atoms with Crippen molar-refractivity contribution in [3.63, 3.8) is 0 Å². The molecule has 0 unspecified atom stereocenters. The Morgan fingerprint density at radius 1 is 1.24 bits per heavy atom. The molecule has 0 aliphatic heterocycles. The van der Waals surface area contributed by atoms with Gasteiger partial charge in [-0.2, -0.15) is 0 Å². The molecular formula is C13H14O3S. The van der Waals surface area contributed by atoms with E-state index in [1.807, 2.05) is 29.6 Å². The Kier molecular flexibility index (Phi) is 4.01. The fourth-order valence-electron chi connectivity index (χ4n) is 1.47. The maximum Gasteiger partial charge on any atom is 0.161 e. The van der Waals surface area contributed by atoms with Gasteiger partial charge in [-0.15, -0.1) is 11.3 Å². The molecule has 0 spiro atoms. The highest BCUT2D eigenvalue weighted by atomic mass is 32.1. The van der Waals surface area contributed by atoms with Crippen molar-refractivity contribution in [1.29, 1.82) is 0 Å². The summed E-state index contributed by atoms with van der Waals surface area (Å²) in [5.41, 5.74) is 0.810. The summed E-state index contributed by atoms with van der Waals surface area (Å²) < 4.78 is 10.9. The first-order valence-electron chi connectivity index (χ1n) is 5.26. The van der Waals surface area contributed by atoms with Crippen LogP contribution in [-0.2, 0) is 13.2 Å². The zero-order chi connectivity index (χ0) is 12.1. The lowest BCUT2D eigenvalue weighted by atomic mass is 10.2. The number of thiophene rings is 1. The summed E-state index contributed by atoms with van der Waals surface area (Å²) >= 11 is 1.66. The Hall–Kier alpha value is -1.52. The molecule has 0 saturated carbocycles. The molecule has 0 amide bonds. The highest BCUT2D eigenvalue weighted by molar-refractivity contribution is 7.09. The lowest BCUT2D eigenvalue weighted by Gasteiger charge is -2.10. The van der Waals surface area contributed by atoms with Crippen LogP contribution in [0.15, 0.2) is 35.7 Å². The van der Waals surface area contributed by atoms with Gasteiger partial charge in [0.25, 0.3) is 0 Å². The van der Waals surface area contributed by atoms with E-state index in [9.17, 15) is 0 Å². The number of ether oxygens (including phenoxy) is 2. The molecule has 1 aromatic carbocycles. The van der Waals surface area contributed by atoms with Crippen molar-refractivity contribution in [1.82, 2.24) is 0 Å². The van der Waals surface area contributed by atoms with Crippen LogP contribution in [0.4, 0.5) is 0 Å². The van der Waals surface area contributed by atoms with E-state index in [-0.39, 0.29) is 6.61 Å². The van der Waals surface area contributed by atoms with Gasteiger partial charge in [0.1, 0.15) is 6.61 Å². The average molecular weight is 250 g/mol. The normalized spacial score (nSPS) is 10.2. The van der Waals surface area contributed by atoms with Crippen LogP contribution in [0.2, 0.25) is 0 Å². The number of aliphatic hydroxyl groups is 1. The molecule has 0 atom stereocenters. The molecule has 2 aromatic rings. The molecule has 1 heterocycles. The van der Waals surface area contributed by atoms with E-state index >= 15 is 0 Å². The maximum absolute atomic E-state index is 9.03. The van der Waals surface area contributed by atoms with Crippen LogP contribution in [0.3, 0.4) is 0 Å². The Morgan fingerprint density at radius 2 is 2.12 bits per heavy atom. The zero-order valence-corrected chi connectivity index (χ0v) is 10.4. The molecule has 0 saturated heterocycles. The highest BCUT2D eigenvalue weighted by Crippen LogP contribution is 2.29. The lowest BCUT2D eigenvalue weighted by molar-refractivity contribution is 0.275. The van der Waals surface area contributed by atoms with Crippen molar-refractivity contribution in [2.75, 3.05) is 7.11 Å². The monoisotopic (exact) mass is 250 g/mol. The number of aliphatic hydroxyl groups excluding tert-OH is 1. The second kappa shape index (κ2) is 5.70. The van der Waals surface area contributed by atoms with Crippen LogP contribution in [-0.4, -0.2) is 12.2 Å². The Bertz CT molecular complexity index is 466. The van der Waals surface area contributed by atoms with Gasteiger partial charge in [-0.25, -0.2) is 0 Å². The number of benzene rings is 1. The Balaban J connectivity index is 2.09. The van der Waals surface area contributed by atoms with Crippen molar-refractivity contribution in [2.24, 2.45) is 0 Å². The predicted molar refractivity (Wildman–Crippen MR) is 67.6 cm³/mol. The van der Waals surface area contributed by atoms with Gasteiger partial charge in [0.05, 0.1) is 13.7 Å². The summed E-state index contributed by atoms with van der Waals surface area (Å²) in [6.45, 7) is 0.536. The minimum Gasteiger partial charge on any atom is -0.493 e. The van der Waals surface area contributed by atoms with Crippen LogP contribution >= 0.6 is 11.3 Å². The van der Waals surface area contributed by atoms with Crippen LogP contribution < -0.4 is 9.47 Å². The first-order chi connectivity index (χ1) is 8.33.